The van der Waals surface area contributed by atoms with Gasteiger partial charge in [0.2, 0.25) is 18.4 Å². The summed E-state index contributed by atoms with van der Waals surface area (Å²) in [5, 5.41) is 3.03. The highest BCUT2D eigenvalue weighted by atomic mass is 16.7. The number of amides is 1. The van der Waals surface area contributed by atoms with Crippen LogP contribution in [-0.2, 0) is 11.2 Å². The summed E-state index contributed by atoms with van der Waals surface area (Å²) in [6, 6.07) is 9.30. The molecule has 2 aliphatic heterocycles. The molecule has 2 aromatic rings. The number of hydrogen-bond acceptors (Lipinski definition) is 5. The molecule has 0 saturated heterocycles. The van der Waals surface area contributed by atoms with Crippen molar-refractivity contribution in [1.29, 1.82) is 0 Å². The largest absolute Gasteiger partial charge is 0.492 e. The van der Waals surface area contributed by atoms with Gasteiger partial charge in [-0.05, 0) is 49.7 Å². The van der Waals surface area contributed by atoms with Crippen molar-refractivity contribution >= 4 is 11.6 Å². The Balaban J connectivity index is 1.75. The first-order valence-electron chi connectivity index (χ1n) is 8.65. The van der Waals surface area contributed by atoms with Gasteiger partial charge in [-0.2, -0.15) is 0 Å². The van der Waals surface area contributed by atoms with Gasteiger partial charge in [0.25, 0.3) is 0 Å². The first-order chi connectivity index (χ1) is 12.6. The van der Waals surface area contributed by atoms with Gasteiger partial charge in [-0.15, -0.1) is 0 Å². The summed E-state index contributed by atoms with van der Waals surface area (Å²) in [6.45, 7) is 2.95. The van der Waals surface area contributed by atoms with Crippen LogP contribution < -0.4 is 19.5 Å². The molecule has 0 saturated carbocycles. The number of fused-ring (bicyclic) bond motifs is 2. The number of anilines is 1. The van der Waals surface area contributed by atoms with Gasteiger partial charge in [-0.3, -0.25) is 9.69 Å². The van der Waals surface area contributed by atoms with Crippen molar-refractivity contribution in [1.82, 2.24) is 4.90 Å². The van der Waals surface area contributed by atoms with Crippen molar-refractivity contribution in [2.75, 3.05) is 32.8 Å². The van der Waals surface area contributed by atoms with E-state index in [1.807, 2.05) is 49.2 Å². The van der Waals surface area contributed by atoms with Crippen LogP contribution in [0.15, 0.2) is 30.3 Å². The van der Waals surface area contributed by atoms with Crippen molar-refractivity contribution < 1.29 is 19.0 Å². The number of carbonyl (C=O) groups excluding carboxylic acids is 1. The number of aryl methyl sites for hydroxylation is 1. The Bertz CT molecular complexity index is 865. The summed E-state index contributed by atoms with van der Waals surface area (Å²) < 4.78 is 16.8. The normalized spacial score (nSPS) is 18.3. The second kappa shape index (κ2) is 6.53. The van der Waals surface area contributed by atoms with E-state index in [0.717, 1.165) is 35.3 Å². The zero-order valence-corrected chi connectivity index (χ0v) is 15.2. The van der Waals surface area contributed by atoms with Crippen LogP contribution in [0.2, 0.25) is 0 Å². The Hall–Kier alpha value is -2.73. The maximum Gasteiger partial charge on any atom is 0.246 e. The number of methoxy groups -OCH3 is 1. The van der Waals surface area contributed by atoms with Gasteiger partial charge in [-0.1, -0.05) is 12.1 Å². The predicted molar refractivity (Wildman–Crippen MR) is 98.0 cm³/mol. The highest BCUT2D eigenvalue weighted by molar-refractivity contribution is 5.96. The molecule has 0 radical (unpaired) electrons. The summed E-state index contributed by atoms with van der Waals surface area (Å²) >= 11 is 0. The van der Waals surface area contributed by atoms with Crippen molar-refractivity contribution in [3.8, 4) is 17.2 Å². The molecule has 0 fully saturated rings. The molecule has 26 heavy (non-hydrogen) atoms. The van der Waals surface area contributed by atoms with Crippen LogP contribution in [0.5, 0.6) is 17.2 Å². The molecular weight excluding hydrogens is 332 g/mol. The molecular formula is C20H22N2O4. The Kier molecular flexibility index (Phi) is 4.20. The number of nitrogens with one attached hydrogen (secondary N) is 1. The van der Waals surface area contributed by atoms with Crippen LogP contribution >= 0.6 is 0 Å². The van der Waals surface area contributed by atoms with E-state index in [0.29, 0.717) is 17.2 Å². The third-order valence-electron chi connectivity index (χ3n) is 4.93. The Labute approximate surface area is 152 Å². The number of nitrogens with zero attached hydrogens (tertiary/aromatic N) is 1. The number of benzene rings is 2. The molecule has 4 rings (SSSR count). The fraction of sp³-hybridized carbons (Fsp3) is 0.350. The van der Waals surface area contributed by atoms with E-state index < -0.39 is 6.04 Å². The number of ether oxygens (including phenoxy) is 3. The minimum atomic E-state index is -0.455. The minimum Gasteiger partial charge on any atom is -0.492 e. The lowest BCUT2D eigenvalue weighted by atomic mass is 9.90. The smallest absolute Gasteiger partial charge is 0.246 e. The molecule has 2 aromatic carbocycles. The van der Waals surface area contributed by atoms with Crippen LogP contribution in [-0.4, -0.2) is 38.3 Å². The molecule has 0 aromatic heterocycles. The molecule has 0 bridgehead atoms. The average Bonchev–Trinajstić information content (AvgIpc) is 3.07. The van der Waals surface area contributed by atoms with Gasteiger partial charge in [0, 0.05) is 17.8 Å². The van der Waals surface area contributed by atoms with E-state index in [2.05, 4.69) is 5.32 Å². The van der Waals surface area contributed by atoms with Crippen molar-refractivity contribution in [3.05, 3.63) is 47.0 Å². The Morgan fingerprint density at radius 1 is 1.31 bits per heavy atom. The molecule has 2 heterocycles. The van der Waals surface area contributed by atoms with E-state index in [-0.39, 0.29) is 12.7 Å². The molecule has 2 aliphatic rings. The molecule has 1 atom stereocenters. The number of rotatable bonds is 3. The fourth-order valence-electron chi connectivity index (χ4n) is 3.70. The summed E-state index contributed by atoms with van der Waals surface area (Å²) in [5.41, 5.74) is 3.81. The highest BCUT2D eigenvalue weighted by Gasteiger charge is 2.37. The topological polar surface area (TPSA) is 60.0 Å². The van der Waals surface area contributed by atoms with Gasteiger partial charge in [0.15, 0.2) is 11.5 Å². The third-order valence-corrected chi connectivity index (χ3v) is 4.93. The molecule has 6 nitrogen and oxygen atoms in total. The summed E-state index contributed by atoms with van der Waals surface area (Å²) in [5.74, 6) is 1.76. The standard InChI is InChI=1S/C20H22N2O4/c1-12-5-4-6-14(9-12)21-20(23)17-16-13(7-8-22(17)2)10-15-18(19(16)24-3)26-11-25-15/h4-6,9-10,17H,7-8,11H2,1-3H3,(H,21,23)/t17-/m1/s1. The molecule has 0 unspecified atom stereocenters. The zero-order chi connectivity index (χ0) is 18.3. The SMILES string of the molecule is COc1c2c(cc3c1[C@H](C(=O)Nc1cccc(C)c1)N(C)CC3)OCO2. The molecule has 1 amide bonds. The summed E-state index contributed by atoms with van der Waals surface area (Å²) in [4.78, 5) is 15.2. The molecule has 1 N–H and O–H groups in total. The van der Waals surface area contributed by atoms with E-state index in [4.69, 9.17) is 14.2 Å². The van der Waals surface area contributed by atoms with Gasteiger partial charge >= 0.3 is 0 Å². The average molecular weight is 354 g/mol. The molecule has 0 aliphatic carbocycles. The van der Waals surface area contributed by atoms with Crippen LogP contribution in [0.4, 0.5) is 5.69 Å². The lowest BCUT2D eigenvalue weighted by molar-refractivity contribution is -0.121. The monoisotopic (exact) mass is 354 g/mol. The van der Waals surface area contributed by atoms with Crippen LogP contribution in [0.25, 0.3) is 0 Å². The van der Waals surface area contributed by atoms with Crippen LogP contribution in [0.3, 0.4) is 0 Å². The van der Waals surface area contributed by atoms with Gasteiger partial charge in [0.05, 0.1) is 7.11 Å². The summed E-state index contributed by atoms with van der Waals surface area (Å²) in [7, 11) is 3.55. The van der Waals surface area contributed by atoms with E-state index >= 15 is 0 Å². The zero-order valence-electron chi connectivity index (χ0n) is 15.2. The molecule has 0 spiro atoms. The van der Waals surface area contributed by atoms with Gasteiger partial charge in [0.1, 0.15) is 6.04 Å². The lowest BCUT2D eigenvalue weighted by Gasteiger charge is -2.34. The van der Waals surface area contributed by atoms with Gasteiger partial charge in [-0.25, -0.2) is 0 Å². The van der Waals surface area contributed by atoms with Crippen molar-refractivity contribution in [3.63, 3.8) is 0 Å². The maximum absolute atomic E-state index is 13.1. The second-order valence-corrected chi connectivity index (χ2v) is 6.71. The number of hydrogen-bond donors (Lipinski definition) is 1. The van der Waals surface area contributed by atoms with Crippen molar-refractivity contribution in [2.45, 2.75) is 19.4 Å². The predicted octanol–water partition coefficient (Wildman–Crippen LogP) is 2.90. The molecule has 136 valence electrons. The van der Waals surface area contributed by atoms with E-state index in [1.165, 1.54) is 0 Å². The summed E-state index contributed by atoms with van der Waals surface area (Å²) in [6.07, 6.45) is 0.826. The van der Waals surface area contributed by atoms with E-state index in [1.54, 1.807) is 7.11 Å². The fourth-order valence-corrected chi connectivity index (χ4v) is 3.70. The van der Waals surface area contributed by atoms with Crippen LogP contribution in [0, 0.1) is 6.92 Å². The lowest BCUT2D eigenvalue weighted by Crippen LogP contribution is -2.39. The second-order valence-electron chi connectivity index (χ2n) is 6.71. The maximum atomic E-state index is 13.1. The van der Waals surface area contributed by atoms with Crippen molar-refractivity contribution in [2.24, 2.45) is 0 Å². The van der Waals surface area contributed by atoms with Crippen LogP contribution in [0.1, 0.15) is 22.7 Å². The Morgan fingerprint density at radius 3 is 2.92 bits per heavy atom. The minimum absolute atomic E-state index is 0.0868. The quantitative estimate of drug-likeness (QED) is 0.918. The highest BCUT2D eigenvalue weighted by Crippen LogP contribution is 2.49. The number of carbonyl (C=O) groups is 1. The molecule has 6 heteroatoms. The third kappa shape index (κ3) is 2.76. The first kappa shape index (κ1) is 16.7. The number of likely N-dealkylation sites (N-methyl/N-ethyl adjacent to an activating group) is 1. The first-order valence-corrected chi connectivity index (χ1v) is 8.65. The Morgan fingerprint density at radius 2 is 2.15 bits per heavy atom. The van der Waals surface area contributed by atoms with E-state index in [9.17, 15) is 4.79 Å². The van der Waals surface area contributed by atoms with Gasteiger partial charge < -0.3 is 19.5 Å².